The molecule has 1 aromatic carbocycles. The molecule has 2 aliphatic rings. The van der Waals surface area contributed by atoms with Crippen molar-refractivity contribution >= 4 is 15.8 Å². The molecule has 2 aromatic rings. The fourth-order valence-electron chi connectivity index (χ4n) is 4.96. The third-order valence-corrected chi connectivity index (χ3v) is 8.97. The topological polar surface area (TPSA) is 84.4 Å². The number of piperidine rings is 1. The van der Waals surface area contributed by atoms with Gasteiger partial charge >= 0.3 is 0 Å². The second-order valence-corrected chi connectivity index (χ2v) is 12.0. The third kappa shape index (κ3) is 6.31. The molecule has 7 nitrogen and oxygen atoms in total. The number of nitrogens with one attached hydrogen (secondary N) is 1. The summed E-state index contributed by atoms with van der Waals surface area (Å²) in [6.07, 6.45) is 6.24. The van der Waals surface area contributed by atoms with Gasteiger partial charge in [-0.25, -0.2) is 17.5 Å². The number of hydrogen-bond acceptors (Lipinski definition) is 6. The van der Waals surface area contributed by atoms with Crippen molar-refractivity contribution in [3.05, 3.63) is 54.0 Å². The standard InChI is InChI=1S/C25H35FN4O3S/c1-18(2)34(31,32)29-24-12-14-30(25-7-4-13-27-28-25)16-21(24)17-33-23-10-8-19(9-11-23)20-5-3-6-22(26)15-20/h3-7,13,15,18-19,21,23-24,29H,8-12,14,16-17H2,1-2H3/t19?,21?,23?,24-/m0/s1. The van der Waals surface area contributed by atoms with Crippen molar-refractivity contribution in [2.24, 2.45) is 5.92 Å². The van der Waals surface area contributed by atoms with Gasteiger partial charge < -0.3 is 9.64 Å². The van der Waals surface area contributed by atoms with Gasteiger partial charge in [-0.15, -0.1) is 5.10 Å². The molecule has 9 heteroatoms. The maximum Gasteiger partial charge on any atom is 0.214 e. The van der Waals surface area contributed by atoms with Crippen LogP contribution in [0, 0.1) is 11.7 Å². The number of halogens is 1. The van der Waals surface area contributed by atoms with E-state index in [-0.39, 0.29) is 23.9 Å². The first-order chi connectivity index (χ1) is 16.3. The van der Waals surface area contributed by atoms with Gasteiger partial charge in [0.1, 0.15) is 5.82 Å². The van der Waals surface area contributed by atoms with Crippen molar-refractivity contribution in [2.45, 2.75) is 69.3 Å². The summed E-state index contributed by atoms with van der Waals surface area (Å²) in [5.41, 5.74) is 1.06. The lowest BCUT2D eigenvalue weighted by Gasteiger charge is -2.40. The second-order valence-electron chi connectivity index (χ2n) is 9.76. The van der Waals surface area contributed by atoms with Crippen molar-refractivity contribution < 1.29 is 17.5 Å². The van der Waals surface area contributed by atoms with Crippen molar-refractivity contribution in [3.63, 3.8) is 0 Å². The zero-order valence-corrected chi connectivity index (χ0v) is 20.8. The molecule has 34 heavy (non-hydrogen) atoms. The number of benzene rings is 1. The highest BCUT2D eigenvalue weighted by atomic mass is 32.2. The highest BCUT2D eigenvalue weighted by Crippen LogP contribution is 2.35. The van der Waals surface area contributed by atoms with E-state index >= 15 is 0 Å². The van der Waals surface area contributed by atoms with Crippen LogP contribution in [0.1, 0.15) is 57.4 Å². The van der Waals surface area contributed by atoms with Gasteiger partial charge in [0.05, 0.1) is 18.0 Å². The largest absolute Gasteiger partial charge is 0.378 e. The second kappa shape index (κ2) is 11.1. The Morgan fingerprint density at radius 3 is 2.62 bits per heavy atom. The molecule has 1 N–H and O–H groups in total. The van der Waals surface area contributed by atoms with Gasteiger partial charge in [0, 0.05) is 31.2 Å². The molecule has 1 saturated carbocycles. The van der Waals surface area contributed by atoms with Gasteiger partial charge in [-0.3, -0.25) is 0 Å². The molecular weight excluding hydrogens is 455 g/mol. The summed E-state index contributed by atoms with van der Waals surface area (Å²) < 4.78 is 48.0. The molecule has 1 saturated heterocycles. The Labute approximate surface area is 202 Å². The molecule has 186 valence electrons. The number of hydrogen-bond donors (Lipinski definition) is 1. The predicted octanol–water partition coefficient (Wildman–Crippen LogP) is 3.88. The minimum Gasteiger partial charge on any atom is -0.378 e. The lowest BCUT2D eigenvalue weighted by atomic mass is 9.82. The molecule has 4 rings (SSSR count). The van der Waals surface area contributed by atoms with Gasteiger partial charge in [-0.1, -0.05) is 12.1 Å². The number of nitrogens with zero attached hydrogens (tertiary/aromatic N) is 3. The van der Waals surface area contributed by atoms with Gasteiger partial charge in [-0.05, 0) is 81.7 Å². The molecule has 1 aliphatic carbocycles. The molecule has 1 unspecified atom stereocenters. The van der Waals surface area contributed by atoms with Crippen LogP contribution in [-0.2, 0) is 14.8 Å². The Morgan fingerprint density at radius 2 is 1.94 bits per heavy atom. The van der Waals surface area contributed by atoms with Gasteiger partial charge in [0.2, 0.25) is 10.0 Å². The minimum absolute atomic E-state index is 0.00484. The molecule has 1 aromatic heterocycles. The van der Waals surface area contributed by atoms with Crippen LogP contribution in [-0.4, -0.2) is 55.7 Å². The van der Waals surface area contributed by atoms with Crippen LogP contribution in [0.25, 0.3) is 0 Å². The summed E-state index contributed by atoms with van der Waals surface area (Å²) in [5, 5.41) is 7.73. The summed E-state index contributed by atoms with van der Waals surface area (Å²) in [6.45, 7) is 5.23. The van der Waals surface area contributed by atoms with Gasteiger partial charge in [0.15, 0.2) is 5.82 Å². The summed E-state index contributed by atoms with van der Waals surface area (Å²) in [6, 6.07) is 10.5. The average molecular weight is 491 g/mol. The predicted molar refractivity (Wildman–Crippen MR) is 131 cm³/mol. The summed E-state index contributed by atoms with van der Waals surface area (Å²) in [5.74, 6) is 0.984. The first-order valence-electron chi connectivity index (χ1n) is 12.2. The SMILES string of the molecule is CC(C)S(=O)(=O)N[C@H]1CCN(c2cccnn2)CC1COC1CCC(c2cccc(F)c2)CC1. The third-order valence-electron chi connectivity index (χ3n) is 7.09. The molecule has 2 fully saturated rings. The Bertz CT molecular complexity index is 1030. The normalized spacial score (nSPS) is 26.1. The highest BCUT2D eigenvalue weighted by Gasteiger charge is 2.34. The van der Waals surface area contributed by atoms with Crippen LogP contribution < -0.4 is 9.62 Å². The minimum atomic E-state index is -3.38. The van der Waals surface area contributed by atoms with Gasteiger partial charge in [-0.2, -0.15) is 5.10 Å². The lowest BCUT2D eigenvalue weighted by Crippen LogP contribution is -2.54. The van der Waals surface area contributed by atoms with Crippen molar-refractivity contribution in [1.29, 1.82) is 0 Å². The van der Waals surface area contributed by atoms with E-state index in [1.54, 1.807) is 32.2 Å². The van der Waals surface area contributed by atoms with Crippen LogP contribution in [0.4, 0.5) is 10.2 Å². The van der Waals surface area contributed by atoms with Crippen LogP contribution in [0.2, 0.25) is 0 Å². The van der Waals surface area contributed by atoms with Crippen LogP contribution in [0.3, 0.4) is 0 Å². The summed E-state index contributed by atoms with van der Waals surface area (Å²) in [4.78, 5) is 2.15. The summed E-state index contributed by atoms with van der Waals surface area (Å²) >= 11 is 0. The molecule has 2 atom stereocenters. The smallest absolute Gasteiger partial charge is 0.214 e. The Morgan fingerprint density at radius 1 is 1.15 bits per heavy atom. The van der Waals surface area contributed by atoms with Gasteiger partial charge in [0.25, 0.3) is 0 Å². The molecular formula is C25H35FN4O3S. The fraction of sp³-hybridized carbons (Fsp3) is 0.600. The van der Waals surface area contributed by atoms with E-state index in [4.69, 9.17) is 4.74 Å². The van der Waals surface area contributed by atoms with Crippen molar-refractivity contribution in [2.75, 3.05) is 24.6 Å². The van der Waals surface area contributed by atoms with E-state index in [0.717, 1.165) is 37.1 Å². The van der Waals surface area contributed by atoms with Crippen LogP contribution in [0.15, 0.2) is 42.6 Å². The fourth-order valence-corrected chi connectivity index (χ4v) is 5.96. The average Bonchev–Trinajstić information content (AvgIpc) is 2.84. The number of ether oxygens (including phenoxy) is 1. The van der Waals surface area contributed by atoms with E-state index in [0.29, 0.717) is 32.0 Å². The zero-order valence-electron chi connectivity index (χ0n) is 19.9. The van der Waals surface area contributed by atoms with E-state index in [1.165, 1.54) is 6.07 Å². The van der Waals surface area contributed by atoms with Crippen molar-refractivity contribution in [1.82, 2.24) is 14.9 Å². The molecule has 1 aliphatic heterocycles. The Hall–Kier alpha value is -2.10. The quantitative estimate of drug-likeness (QED) is 0.605. The summed E-state index contributed by atoms with van der Waals surface area (Å²) in [7, 11) is -3.38. The molecule has 0 radical (unpaired) electrons. The Balaban J connectivity index is 1.37. The number of anilines is 1. The number of sulfonamides is 1. The molecule has 0 spiro atoms. The monoisotopic (exact) mass is 490 g/mol. The van der Waals surface area contributed by atoms with E-state index in [1.807, 2.05) is 18.2 Å². The maximum atomic E-state index is 13.6. The lowest BCUT2D eigenvalue weighted by molar-refractivity contribution is -0.00218. The number of rotatable bonds is 8. The van der Waals surface area contributed by atoms with E-state index < -0.39 is 15.3 Å². The molecule has 0 amide bonds. The first kappa shape index (κ1) is 25.0. The van der Waals surface area contributed by atoms with Crippen LogP contribution >= 0.6 is 0 Å². The highest BCUT2D eigenvalue weighted by molar-refractivity contribution is 7.90. The van der Waals surface area contributed by atoms with Crippen LogP contribution in [0.5, 0.6) is 0 Å². The zero-order chi connectivity index (χ0) is 24.1. The molecule has 0 bridgehead atoms. The first-order valence-corrected chi connectivity index (χ1v) is 13.8. The molecule has 2 heterocycles. The van der Waals surface area contributed by atoms with E-state index in [9.17, 15) is 12.8 Å². The maximum absolute atomic E-state index is 13.6. The number of aromatic nitrogens is 2. The Kier molecular flexibility index (Phi) is 8.16. The van der Waals surface area contributed by atoms with Crippen molar-refractivity contribution in [3.8, 4) is 0 Å². The van der Waals surface area contributed by atoms with E-state index in [2.05, 4.69) is 19.8 Å².